The van der Waals surface area contributed by atoms with Gasteiger partial charge in [-0.2, -0.15) is 0 Å². The monoisotopic (exact) mass is 432 g/mol. The second-order valence-corrected chi connectivity index (χ2v) is 11.2. The number of thiophene rings is 1. The number of aliphatic imine (C=N–C) groups is 1. The van der Waals surface area contributed by atoms with Gasteiger partial charge in [-0.15, -0.1) is 21.8 Å². The highest BCUT2D eigenvalue weighted by Gasteiger charge is 2.24. The number of hydrogen-bond acceptors (Lipinski definition) is 3. The van der Waals surface area contributed by atoms with Gasteiger partial charge >= 0.3 is 0 Å². The molecule has 0 aliphatic heterocycles. The molecule has 4 nitrogen and oxygen atoms in total. The standard InChI is InChI=1S/C22H29FN4S2/c1-27(2)12-16-11-19(23)21(28-16)29(3)13-25-22(24)26-20-17-8-4-6-14(17)10-15-7-5-9-18(15)20/h10-11H,3-9,12-13H2,1-2H3,(H3,24,25,26). The summed E-state index contributed by atoms with van der Waals surface area (Å²) >= 11 is 1.49. The van der Waals surface area contributed by atoms with Crippen LogP contribution in [0, 0.1) is 5.82 Å². The Morgan fingerprint density at radius 3 is 2.48 bits per heavy atom. The van der Waals surface area contributed by atoms with E-state index in [9.17, 15) is 4.39 Å². The molecule has 1 atom stereocenters. The van der Waals surface area contributed by atoms with Crippen molar-refractivity contribution in [3.8, 4) is 0 Å². The Morgan fingerprint density at radius 1 is 1.21 bits per heavy atom. The third kappa shape index (κ3) is 4.42. The number of rotatable bonds is 6. The zero-order valence-electron chi connectivity index (χ0n) is 17.2. The van der Waals surface area contributed by atoms with E-state index in [-0.39, 0.29) is 5.82 Å². The van der Waals surface area contributed by atoms with Crippen LogP contribution in [0.1, 0.15) is 40.0 Å². The number of anilines is 1. The van der Waals surface area contributed by atoms with Crippen molar-refractivity contribution in [1.82, 2.24) is 4.90 Å². The van der Waals surface area contributed by atoms with E-state index in [1.165, 1.54) is 52.1 Å². The number of fused-ring (bicyclic) bond motifs is 2. The van der Waals surface area contributed by atoms with Gasteiger partial charge in [0.2, 0.25) is 0 Å². The number of hydrogen-bond donors (Lipinski definition) is 2. The van der Waals surface area contributed by atoms with E-state index in [0.717, 1.165) is 37.1 Å². The van der Waals surface area contributed by atoms with Crippen molar-refractivity contribution in [2.24, 2.45) is 10.7 Å². The van der Waals surface area contributed by atoms with Crippen LogP contribution in [0.15, 0.2) is 21.3 Å². The summed E-state index contributed by atoms with van der Waals surface area (Å²) < 4.78 is 15.0. The molecule has 2 aromatic rings. The summed E-state index contributed by atoms with van der Waals surface area (Å²) in [5.41, 5.74) is 13.2. The molecule has 4 rings (SSSR count). The lowest BCUT2D eigenvalue weighted by molar-refractivity contribution is 0.406. The highest BCUT2D eigenvalue weighted by molar-refractivity contribution is 8.15. The first-order valence-electron chi connectivity index (χ1n) is 10.1. The van der Waals surface area contributed by atoms with E-state index in [2.05, 4.69) is 22.2 Å². The molecule has 1 aromatic carbocycles. The minimum absolute atomic E-state index is 0.175. The van der Waals surface area contributed by atoms with E-state index >= 15 is 0 Å². The van der Waals surface area contributed by atoms with Crippen molar-refractivity contribution >= 4 is 39.3 Å². The third-order valence-electron chi connectivity index (χ3n) is 5.56. The van der Waals surface area contributed by atoms with Crippen LogP contribution in [0.2, 0.25) is 0 Å². The number of guanidine groups is 1. The first-order chi connectivity index (χ1) is 13.9. The van der Waals surface area contributed by atoms with E-state index in [4.69, 9.17) is 5.73 Å². The van der Waals surface area contributed by atoms with Crippen LogP contribution in [0.4, 0.5) is 10.1 Å². The van der Waals surface area contributed by atoms with Crippen molar-refractivity contribution in [3.63, 3.8) is 0 Å². The number of halogens is 1. The summed E-state index contributed by atoms with van der Waals surface area (Å²) in [6.07, 6.45) is 6.94. The minimum Gasteiger partial charge on any atom is -0.370 e. The largest absolute Gasteiger partial charge is 0.370 e. The summed E-state index contributed by atoms with van der Waals surface area (Å²) in [6.45, 7) is 0.732. The number of nitrogens with two attached hydrogens (primary N) is 1. The summed E-state index contributed by atoms with van der Waals surface area (Å²) in [5.74, 6) is 4.78. The Balaban J connectivity index is 1.48. The first kappa shape index (κ1) is 20.6. The number of nitrogens with one attached hydrogen (secondary N) is 1. The molecule has 3 N–H and O–H groups in total. The van der Waals surface area contributed by atoms with E-state index in [0.29, 0.717) is 16.0 Å². The zero-order valence-corrected chi connectivity index (χ0v) is 18.8. The number of aryl methyl sites for hydroxylation is 2. The van der Waals surface area contributed by atoms with Crippen molar-refractivity contribution in [2.75, 3.05) is 25.3 Å². The maximum atomic E-state index is 14.3. The maximum absolute atomic E-state index is 14.3. The maximum Gasteiger partial charge on any atom is 0.193 e. The second kappa shape index (κ2) is 8.58. The molecule has 156 valence electrons. The molecule has 0 fully saturated rings. The SMILES string of the molecule is C=S(C/N=C(\N)Nc1c2c(cc3c1CCC3)CCC2)c1sc(CN(C)C)cc1F. The summed E-state index contributed by atoms with van der Waals surface area (Å²) in [4.78, 5) is 7.56. The molecular weight excluding hydrogens is 403 g/mol. The van der Waals surface area contributed by atoms with Gasteiger partial charge in [0, 0.05) is 17.1 Å². The van der Waals surface area contributed by atoms with Crippen LogP contribution in [-0.4, -0.2) is 36.7 Å². The molecule has 1 heterocycles. The molecule has 2 aliphatic rings. The average Bonchev–Trinajstić information content (AvgIpc) is 3.38. The molecular formula is C22H29FN4S2. The van der Waals surface area contributed by atoms with Crippen LogP contribution < -0.4 is 11.1 Å². The molecule has 2 aliphatic carbocycles. The molecule has 0 saturated carbocycles. The predicted octanol–water partition coefficient (Wildman–Crippen LogP) is 4.37. The van der Waals surface area contributed by atoms with Gasteiger partial charge in [-0.05, 0) is 80.9 Å². The van der Waals surface area contributed by atoms with Gasteiger partial charge in [-0.3, -0.25) is 0 Å². The molecule has 0 radical (unpaired) electrons. The second-order valence-electron chi connectivity index (χ2n) is 8.11. The summed E-state index contributed by atoms with van der Waals surface area (Å²) in [6, 6.07) is 4.02. The molecule has 7 heteroatoms. The zero-order chi connectivity index (χ0) is 20.5. The van der Waals surface area contributed by atoms with Crippen molar-refractivity contribution in [1.29, 1.82) is 0 Å². The Kier molecular flexibility index (Phi) is 6.08. The lowest BCUT2D eigenvalue weighted by atomic mass is 9.99. The van der Waals surface area contributed by atoms with Crippen molar-refractivity contribution in [3.05, 3.63) is 45.1 Å². The number of benzene rings is 1. The number of nitrogens with zero attached hydrogens (tertiary/aromatic N) is 2. The summed E-state index contributed by atoms with van der Waals surface area (Å²) in [7, 11) is 3.41. The molecule has 1 unspecified atom stereocenters. The lowest BCUT2D eigenvalue weighted by Gasteiger charge is -2.16. The van der Waals surface area contributed by atoms with E-state index < -0.39 is 10.5 Å². The fraction of sp³-hybridized carbons (Fsp3) is 0.455. The van der Waals surface area contributed by atoms with Gasteiger partial charge in [0.25, 0.3) is 0 Å². The average molecular weight is 433 g/mol. The van der Waals surface area contributed by atoms with Gasteiger partial charge in [0.05, 0.1) is 10.1 Å². The molecule has 29 heavy (non-hydrogen) atoms. The first-order valence-corrected chi connectivity index (χ1v) is 12.5. The molecule has 0 saturated heterocycles. The predicted molar refractivity (Wildman–Crippen MR) is 125 cm³/mol. The fourth-order valence-corrected chi connectivity index (χ4v) is 6.90. The minimum atomic E-state index is -0.548. The Morgan fingerprint density at radius 2 is 1.86 bits per heavy atom. The highest BCUT2D eigenvalue weighted by atomic mass is 32.2. The van der Waals surface area contributed by atoms with Crippen LogP contribution in [-0.2, 0) is 32.2 Å². The lowest BCUT2D eigenvalue weighted by Crippen LogP contribution is -2.24. The Labute approximate surface area is 179 Å². The fourth-order valence-electron chi connectivity index (χ4n) is 4.32. The Hall–Kier alpha value is -1.70. The van der Waals surface area contributed by atoms with Crippen LogP contribution >= 0.6 is 21.8 Å². The van der Waals surface area contributed by atoms with Crippen LogP contribution in [0.3, 0.4) is 0 Å². The van der Waals surface area contributed by atoms with Gasteiger partial charge < -0.3 is 16.0 Å². The van der Waals surface area contributed by atoms with Gasteiger partial charge in [-0.1, -0.05) is 11.9 Å². The van der Waals surface area contributed by atoms with Gasteiger partial charge in [0.1, 0.15) is 5.82 Å². The van der Waals surface area contributed by atoms with E-state index in [1.54, 1.807) is 6.07 Å². The smallest absolute Gasteiger partial charge is 0.193 e. The Bertz CT molecular complexity index is 945. The van der Waals surface area contributed by atoms with Gasteiger partial charge in [0.15, 0.2) is 5.96 Å². The summed E-state index contributed by atoms with van der Waals surface area (Å²) in [5, 5.41) is 3.40. The quantitative estimate of drug-likeness (QED) is 0.405. The van der Waals surface area contributed by atoms with Crippen LogP contribution in [0.5, 0.6) is 0 Å². The van der Waals surface area contributed by atoms with Crippen molar-refractivity contribution < 1.29 is 4.39 Å². The van der Waals surface area contributed by atoms with E-state index in [1.807, 2.05) is 19.0 Å². The molecule has 0 bridgehead atoms. The normalized spacial score (nSPS) is 16.9. The highest BCUT2D eigenvalue weighted by Crippen LogP contribution is 2.39. The molecule has 0 amide bonds. The topological polar surface area (TPSA) is 53.6 Å². The van der Waals surface area contributed by atoms with Crippen molar-refractivity contribution in [2.45, 2.75) is 49.3 Å². The molecule has 1 aromatic heterocycles. The third-order valence-corrected chi connectivity index (χ3v) is 8.56. The van der Waals surface area contributed by atoms with Gasteiger partial charge in [-0.25, -0.2) is 9.38 Å². The molecule has 0 spiro atoms. The van der Waals surface area contributed by atoms with Crippen LogP contribution in [0.25, 0.3) is 0 Å².